The maximum atomic E-state index is 13.2. The zero-order chi connectivity index (χ0) is 22.2. The van der Waals surface area contributed by atoms with Crippen molar-refractivity contribution in [2.75, 3.05) is 0 Å². The Morgan fingerprint density at radius 1 is 0.871 bits per heavy atom. The maximum Gasteiger partial charge on any atom is 0.314 e. The lowest BCUT2D eigenvalue weighted by Gasteiger charge is -2.23. The van der Waals surface area contributed by atoms with Gasteiger partial charge >= 0.3 is 5.97 Å². The lowest BCUT2D eigenvalue weighted by atomic mass is 9.88. The minimum atomic E-state index is -0.509. The molecular weight excluding hydrogens is 408 g/mol. The molecule has 3 aromatic carbocycles. The molecule has 0 saturated carbocycles. The third-order valence-electron chi connectivity index (χ3n) is 4.93. The van der Waals surface area contributed by atoms with E-state index in [1.54, 1.807) is 12.1 Å². The van der Waals surface area contributed by atoms with Crippen molar-refractivity contribution in [1.29, 1.82) is 0 Å². The molecule has 3 nitrogen and oxygen atoms in total. The van der Waals surface area contributed by atoms with Crippen molar-refractivity contribution in [3.63, 3.8) is 0 Å². The van der Waals surface area contributed by atoms with E-state index in [9.17, 15) is 4.79 Å². The monoisotopic (exact) mass is 434 g/mol. The van der Waals surface area contributed by atoms with Gasteiger partial charge in [-0.2, -0.15) is 0 Å². The standard InChI is InChI=1S/C27H27ClO3/c1-4-9-25(21-10-8-13-24(18-21)30-23-11-6-5-7-12-23)31-27(29)26(19(2)3)20-14-16-22(28)17-15-20/h4-19,25-26H,1-3H3/b9-4-. The van der Waals surface area contributed by atoms with Crippen LogP contribution in [0.25, 0.3) is 0 Å². The number of benzene rings is 3. The van der Waals surface area contributed by atoms with Crippen LogP contribution in [-0.4, -0.2) is 5.97 Å². The topological polar surface area (TPSA) is 35.5 Å². The number of allylic oxidation sites excluding steroid dienone is 1. The third kappa shape index (κ3) is 6.22. The Kier molecular flexibility index (Phi) is 7.91. The van der Waals surface area contributed by atoms with Gasteiger partial charge in [0, 0.05) is 10.6 Å². The molecule has 2 atom stereocenters. The Morgan fingerprint density at radius 3 is 2.19 bits per heavy atom. The van der Waals surface area contributed by atoms with Crippen LogP contribution in [0.5, 0.6) is 11.5 Å². The molecule has 0 saturated heterocycles. The molecular formula is C27H27ClO3. The molecule has 0 fully saturated rings. The molecule has 0 heterocycles. The van der Waals surface area contributed by atoms with Crippen molar-refractivity contribution in [2.45, 2.75) is 32.8 Å². The molecule has 0 bridgehead atoms. The number of hydrogen-bond acceptors (Lipinski definition) is 3. The van der Waals surface area contributed by atoms with Crippen molar-refractivity contribution in [1.82, 2.24) is 0 Å². The Balaban J connectivity index is 1.82. The second-order valence-electron chi connectivity index (χ2n) is 7.64. The van der Waals surface area contributed by atoms with Gasteiger partial charge in [0.25, 0.3) is 0 Å². The molecule has 0 amide bonds. The number of hydrogen-bond donors (Lipinski definition) is 0. The normalized spacial score (nSPS) is 13.2. The Labute approximate surface area is 189 Å². The van der Waals surface area contributed by atoms with Gasteiger partial charge in [-0.1, -0.05) is 74.0 Å². The fourth-order valence-corrected chi connectivity index (χ4v) is 3.56. The van der Waals surface area contributed by atoms with Crippen LogP contribution in [0.2, 0.25) is 5.02 Å². The molecule has 3 aromatic rings. The molecule has 0 radical (unpaired) electrons. The minimum Gasteiger partial charge on any atom is -0.457 e. The van der Waals surface area contributed by atoms with Gasteiger partial charge in [-0.05, 0) is 60.9 Å². The van der Waals surface area contributed by atoms with Gasteiger partial charge in [-0.15, -0.1) is 0 Å². The van der Waals surface area contributed by atoms with Crippen LogP contribution in [0.4, 0.5) is 0 Å². The van der Waals surface area contributed by atoms with Crippen LogP contribution in [0, 0.1) is 5.92 Å². The number of carbonyl (C=O) groups is 1. The van der Waals surface area contributed by atoms with E-state index in [1.165, 1.54) is 0 Å². The van der Waals surface area contributed by atoms with E-state index in [0.717, 1.165) is 16.9 Å². The van der Waals surface area contributed by atoms with Crippen LogP contribution in [-0.2, 0) is 9.53 Å². The van der Waals surface area contributed by atoms with Crippen molar-refractivity contribution in [3.05, 3.63) is 107 Å². The third-order valence-corrected chi connectivity index (χ3v) is 5.18. The molecule has 0 aliphatic carbocycles. The molecule has 0 spiro atoms. The average Bonchev–Trinajstić information content (AvgIpc) is 2.76. The smallest absolute Gasteiger partial charge is 0.314 e. The van der Waals surface area contributed by atoms with E-state index in [4.69, 9.17) is 21.1 Å². The average molecular weight is 435 g/mol. The molecule has 0 aromatic heterocycles. The molecule has 3 rings (SSSR count). The largest absolute Gasteiger partial charge is 0.457 e. The van der Waals surface area contributed by atoms with Gasteiger partial charge in [0.2, 0.25) is 0 Å². The Morgan fingerprint density at radius 2 is 1.55 bits per heavy atom. The second kappa shape index (κ2) is 10.8. The summed E-state index contributed by atoms with van der Waals surface area (Å²) in [5.74, 6) is 0.866. The van der Waals surface area contributed by atoms with Crippen molar-refractivity contribution >= 4 is 17.6 Å². The highest BCUT2D eigenvalue weighted by atomic mass is 35.5. The lowest BCUT2D eigenvalue weighted by Crippen LogP contribution is -2.22. The molecule has 0 aliphatic heterocycles. The van der Waals surface area contributed by atoms with Gasteiger partial charge in [0.15, 0.2) is 0 Å². The summed E-state index contributed by atoms with van der Waals surface area (Å²) in [6.45, 7) is 5.93. The first-order chi connectivity index (χ1) is 15.0. The van der Waals surface area contributed by atoms with Crippen LogP contribution in [0.3, 0.4) is 0 Å². The van der Waals surface area contributed by atoms with Crippen molar-refractivity contribution < 1.29 is 14.3 Å². The number of carbonyl (C=O) groups excluding carboxylic acids is 1. The molecule has 0 N–H and O–H groups in total. The predicted molar refractivity (Wildman–Crippen MR) is 126 cm³/mol. The number of ether oxygens (including phenoxy) is 2. The number of halogens is 1. The summed E-state index contributed by atoms with van der Waals surface area (Å²) >= 11 is 6.02. The highest BCUT2D eigenvalue weighted by molar-refractivity contribution is 6.30. The van der Waals surface area contributed by atoms with Crippen LogP contribution >= 0.6 is 11.6 Å². The van der Waals surface area contributed by atoms with Crippen LogP contribution in [0.15, 0.2) is 91.0 Å². The van der Waals surface area contributed by atoms with Gasteiger partial charge in [-0.25, -0.2) is 0 Å². The maximum absolute atomic E-state index is 13.2. The highest BCUT2D eigenvalue weighted by Gasteiger charge is 2.28. The van der Waals surface area contributed by atoms with E-state index in [1.807, 2.05) is 99.7 Å². The molecule has 4 heteroatoms. The van der Waals surface area contributed by atoms with Crippen molar-refractivity contribution in [3.8, 4) is 11.5 Å². The van der Waals surface area contributed by atoms with E-state index >= 15 is 0 Å². The quantitative estimate of drug-likeness (QED) is 0.268. The second-order valence-corrected chi connectivity index (χ2v) is 8.08. The lowest BCUT2D eigenvalue weighted by molar-refractivity contribution is -0.150. The SMILES string of the molecule is C/C=C\C(OC(=O)C(c1ccc(Cl)cc1)C(C)C)c1cccc(Oc2ccccc2)c1. The van der Waals surface area contributed by atoms with E-state index < -0.39 is 6.10 Å². The van der Waals surface area contributed by atoms with Crippen molar-refractivity contribution in [2.24, 2.45) is 5.92 Å². The fraction of sp³-hybridized carbons (Fsp3) is 0.222. The molecule has 160 valence electrons. The first kappa shape index (κ1) is 22.6. The fourth-order valence-electron chi connectivity index (χ4n) is 3.43. The number of para-hydroxylation sites is 1. The van der Waals surface area contributed by atoms with Gasteiger partial charge < -0.3 is 9.47 Å². The highest BCUT2D eigenvalue weighted by Crippen LogP contribution is 2.32. The number of rotatable bonds is 8. The van der Waals surface area contributed by atoms with E-state index in [2.05, 4.69) is 0 Å². The summed E-state index contributed by atoms with van der Waals surface area (Å²) in [6, 6.07) is 24.6. The summed E-state index contributed by atoms with van der Waals surface area (Å²) in [5.41, 5.74) is 1.74. The van der Waals surface area contributed by atoms with Crippen LogP contribution < -0.4 is 4.74 Å². The Bertz CT molecular complexity index is 1010. The summed E-state index contributed by atoms with van der Waals surface area (Å²) in [4.78, 5) is 13.2. The summed E-state index contributed by atoms with van der Waals surface area (Å²) in [7, 11) is 0. The summed E-state index contributed by atoms with van der Waals surface area (Å²) in [5, 5.41) is 0.640. The van der Waals surface area contributed by atoms with Gasteiger partial charge in [0.05, 0.1) is 5.92 Å². The van der Waals surface area contributed by atoms with E-state index in [-0.39, 0.29) is 17.8 Å². The first-order valence-electron chi connectivity index (χ1n) is 10.4. The van der Waals surface area contributed by atoms with Gasteiger partial charge in [-0.3, -0.25) is 4.79 Å². The molecule has 2 unspecified atom stereocenters. The van der Waals surface area contributed by atoms with E-state index in [0.29, 0.717) is 10.8 Å². The zero-order valence-corrected chi connectivity index (χ0v) is 18.8. The number of esters is 1. The predicted octanol–water partition coefficient (Wildman–Crippen LogP) is 7.73. The van der Waals surface area contributed by atoms with Crippen LogP contribution in [0.1, 0.15) is 43.9 Å². The minimum absolute atomic E-state index is 0.0766. The summed E-state index contributed by atoms with van der Waals surface area (Å²) < 4.78 is 11.9. The summed E-state index contributed by atoms with van der Waals surface area (Å²) in [6.07, 6.45) is 3.25. The molecule has 31 heavy (non-hydrogen) atoms. The Hall–Kier alpha value is -3.04. The van der Waals surface area contributed by atoms with Gasteiger partial charge in [0.1, 0.15) is 17.6 Å². The zero-order valence-electron chi connectivity index (χ0n) is 18.0. The molecule has 0 aliphatic rings. The first-order valence-corrected chi connectivity index (χ1v) is 10.8.